The quantitative estimate of drug-likeness (QED) is 0.470. The van der Waals surface area contributed by atoms with Crippen molar-refractivity contribution in [3.8, 4) is 16.9 Å². The van der Waals surface area contributed by atoms with E-state index in [2.05, 4.69) is 20.3 Å². The fourth-order valence-electron chi connectivity index (χ4n) is 3.68. The molecule has 4 rings (SSSR count). The lowest BCUT2D eigenvalue weighted by molar-refractivity contribution is -0.274. The number of ketones is 1. The monoisotopic (exact) mass is 488 g/mol. The molecule has 11 heteroatoms. The first-order chi connectivity index (χ1) is 16.8. The van der Waals surface area contributed by atoms with Crippen molar-refractivity contribution in [3.63, 3.8) is 0 Å². The van der Waals surface area contributed by atoms with Gasteiger partial charge in [-0.05, 0) is 29.3 Å². The van der Waals surface area contributed by atoms with Crippen LogP contribution in [0.2, 0.25) is 0 Å². The number of H-pyrrole nitrogens is 1. The van der Waals surface area contributed by atoms with Crippen LogP contribution in [0.25, 0.3) is 11.1 Å². The van der Waals surface area contributed by atoms with E-state index in [9.17, 15) is 22.8 Å². The number of hydrogen-bond donors (Lipinski definition) is 2. The number of nitrogens with one attached hydrogen (secondary N) is 2. The Morgan fingerprint density at radius 2 is 1.83 bits per heavy atom. The van der Waals surface area contributed by atoms with Crippen LogP contribution in [0.5, 0.6) is 5.75 Å². The number of Topliss-reactive ketones (excluding diaryl/α,β-unsaturated/α-hetero) is 1. The van der Waals surface area contributed by atoms with Gasteiger partial charge in [-0.25, -0.2) is 0 Å². The highest BCUT2D eigenvalue weighted by molar-refractivity contribution is 6.00. The molecule has 2 N–H and O–H groups in total. The molecule has 184 valence electrons. The molecule has 1 amide bonds. The molecule has 2 heterocycles. The van der Waals surface area contributed by atoms with Gasteiger partial charge >= 0.3 is 6.36 Å². The van der Waals surface area contributed by atoms with Crippen LogP contribution in [0.3, 0.4) is 0 Å². The fourth-order valence-corrected chi connectivity index (χ4v) is 3.68. The lowest BCUT2D eigenvalue weighted by Gasteiger charge is -2.26. The number of halogens is 3. The average molecular weight is 488 g/mol. The van der Waals surface area contributed by atoms with Crippen LogP contribution in [-0.2, 0) is 16.0 Å². The highest BCUT2D eigenvalue weighted by atomic mass is 19.4. The Balaban J connectivity index is 1.48. The normalized spacial score (nSPS) is 14.5. The lowest BCUT2D eigenvalue weighted by Crippen LogP contribution is -2.41. The second kappa shape index (κ2) is 10.7. The second-order valence-electron chi connectivity index (χ2n) is 7.98. The molecule has 1 aliphatic rings. The van der Waals surface area contributed by atoms with Crippen molar-refractivity contribution >= 4 is 17.4 Å². The molecule has 0 saturated carbocycles. The zero-order valence-electron chi connectivity index (χ0n) is 18.6. The largest absolute Gasteiger partial charge is 0.573 e. The van der Waals surface area contributed by atoms with Gasteiger partial charge in [0.15, 0.2) is 11.5 Å². The van der Waals surface area contributed by atoms with Crippen molar-refractivity contribution in [1.29, 1.82) is 0 Å². The Hall–Kier alpha value is -3.70. The van der Waals surface area contributed by atoms with E-state index in [1.807, 2.05) is 17.0 Å². The van der Waals surface area contributed by atoms with Crippen molar-refractivity contribution in [3.05, 3.63) is 66.0 Å². The summed E-state index contributed by atoms with van der Waals surface area (Å²) in [5.41, 5.74) is 2.49. The number of amides is 1. The van der Waals surface area contributed by atoms with Gasteiger partial charge in [-0.15, -0.1) is 13.2 Å². The Bertz CT molecular complexity index is 1160. The van der Waals surface area contributed by atoms with Gasteiger partial charge in [0.1, 0.15) is 0 Å². The number of benzene rings is 2. The van der Waals surface area contributed by atoms with Crippen LogP contribution in [0, 0.1) is 0 Å². The number of carbonyl (C=O) groups is 2. The summed E-state index contributed by atoms with van der Waals surface area (Å²) in [6.07, 6.45) is -1.49. The maximum Gasteiger partial charge on any atom is 0.573 e. The van der Waals surface area contributed by atoms with Gasteiger partial charge in [-0.3, -0.25) is 19.6 Å². The summed E-state index contributed by atoms with van der Waals surface area (Å²) in [4.78, 5) is 27.2. The number of nitrogens with zero attached hydrogens (tertiary/aromatic N) is 2. The number of morpholine rings is 1. The van der Waals surface area contributed by atoms with Gasteiger partial charge in [-0.1, -0.05) is 24.3 Å². The number of alkyl halides is 3. The van der Waals surface area contributed by atoms with E-state index in [1.165, 1.54) is 12.1 Å². The van der Waals surface area contributed by atoms with E-state index in [0.717, 1.165) is 22.8 Å². The number of rotatable bonds is 8. The summed E-state index contributed by atoms with van der Waals surface area (Å²) >= 11 is 0. The van der Waals surface area contributed by atoms with Crippen LogP contribution >= 0.6 is 0 Å². The number of hydrogen-bond acceptors (Lipinski definition) is 6. The Kier molecular flexibility index (Phi) is 7.47. The van der Waals surface area contributed by atoms with Gasteiger partial charge in [0.05, 0.1) is 31.6 Å². The van der Waals surface area contributed by atoms with Crippen LogP contribution < -0.4 is 10.1 Å². The zero-order valence-corrected chi connectivity index (χ0v) is 18.6. The number of anilines is 1. The summed E-state index contributed by atoms with van der Waals surface area (Å²) < 4.78 is 47.9. The Morgan fingerprint density at radius 1 is 1.09 bits per heavy atom. The molecule has 0 bridgehead atoms. The van der Waals surface area contributed by atoms with Crippen LogP contribution in [0.15, 0.2) is 54.9 Å². The van der Waals surface area contributed by atoms with Gasteiger partial charge in [0, 0.05) is 36.8 Å². The summed E-state index contributed by atoms with van der Waals surface area (Å²) in [7, 11) is 0. The SMILES string of the molecule is O=C(CN1CCOCC1)Nc1cc(C(=O)Cc2ccc(-c3cn[nH]c3)cc2)ccc1OC(F)(F)F. The van der Waals surface area contributed by atoms with Crippen molar-refractivity contribution in [2.24, 2.45) is 0 Å². The molecule has 2 aromatic carbocycles. The molecule has 1 aliphatic heterocycles. The van der Waals surface area contributed by atoms with Gasteiger partial charge in [0.2, 0.25) is 5.91 Å². The average Bonchev–Trinajstić information content (AvgIpc) is 3.35. The lowest BCUT2D eigenvalue weighted by atomic mass is 10.00. The third-order valence-corrected chi connectivity index (χ3v) is 5.42. The maximum atomic E-state index is 12.9. The van der Waals surface area contributed by atoms with Crippen molar-refractivity contribution in [2.45, 2.75) is 12.8 Å². The minimum atomic E-state index is -4.95. The second-order valence-corrected chi connectivity index (χ2v) is 7.98. The van der Waals surface area contributed by atoms with E-state index < -0.39 is 18.0 Å². The molecule has 1 aromatic heterocycles. The number of aromatic amines is 1. The number of carbonyl (C=O) groups excluding carboxylic acids is 2. The topological polar surface area (TPSA) is 96.5 Å². The maximum absolute atomic E-state index is 12.9. The fraction of sp³-hybridized carbons (Fsp3) is 0.292. The Morgan fingerprint density at radius 3 is 2.49 bits per heavy atom. The number of aromatic nitrogens is 2. The molecular weight excluding hydrogens is 465 g/mol. The minimum Gasteiger partial charge on any atom is -0.404 e. The van der Waals surface area contributed by atoms with E-state index in [4.69, 9.17) is 4.74 Å². The predicted molar refractivity (Wildman–Crippen MR) is 121 cm³/mol. The molecule has 0 aliphatic carbocycles. The molecular formula is C24H23F3N4O4. The molecule has 1 fully saturated rings. The van der Waals surface area contributed by atoms with Gasteiger partial charge < -0.3 is 14.8 Å². The predicted octanol–water partition coefficient (Wildman–Crippen LogP) is 3.67. The van der Waals surface area contributed by atoms with E-state index in [0.29, 0.717) is 26.3 Å². The summed E-state index contributed by atoms with van der Waals surface area (Å²) in [6, 6.07) is 10.8. The standard InChI is InChI=1S/C24H23F3N4O4/c25-24(26,27)35-22-6-5-18(12-20(22)30-23(33)15-31-7-9-34-10-8-31)21(32)11-16-1-3-17(4-2-16)19-13-28-29-14-19/h1-6,12-14H,7-11,15H2,(H,28,29)(H,30,33). The molecule has 0 spiro atoms. The van der Waals surface area contributed by atoms with Crippen molar-refractivity contribution in [1.82, 2.24) is 15.1 Å². The highest BCUT2D eigenvalue weighted by Crippen LogP contribution is 2.32. The number of ether oxygens (including phenoxy) is 2. The first-order valence-corrected chi connectivity index (χ1v) is 10.9. The van der Waals surface area contributed by atoms with Gasteiger partial charge in [0.25, 0.3) is 0 Å². The molecule has 0 radical (unpaired) electrons. The van der Waals surface area contributed by atoms with Crippen molar-refractivity contribution in [2.75, 3.05) is 38.2 Å². The third-order valence-electron chi connectivity index (χ3n) is 5.42. The molecule has 0 atom stereocenters. The first kappa shape index (κ1) is 24.4. The van der Waals surface area contributed by atoms with E-state index in [-0.39, 0.29) is 30.0 Å². The minimum absolute atomic E-state index is 0.0179. The summed E-state index contributed by atoms with van der Waals surface area (Å²) in [6.45, 7) is 2.01. The molecule has 35 heavy (non-hydrogen) atoms. The highest BCUT2D eigenvalue weighted by Gasteiger charge is 2.32. The van der Waals surface area contributed by atoms with Crippen LogP contribution in [-0.4, -0.2) is 66.0 Å². The molecule has 0 unspecified atom stereocenters. The van der Waals surface area contributed by atoms with E-state index in [1.54, 1.807) is 24.5 Å². The summed E-state index contributed by atoms with van der Waals surface area (Å²) in [5.74, 6) is -1.42. The molecule has 3 aromatic rings. The van der Waals surface area contributed by atoms with E-state index >= 15 is 0 Å². The van der Waals surface area contributed by atoms with Crippen LogP contribution in [0.1, 0.15) is 15.9 Å². The Labute approximate surface area is 199 Å². The smallest absolute Gasteiger partial charge is 0.404 e. The zero-order chi connectivity index (χ0) is 24.8. The van der Waals surface area contributed by atoms with Gasteiger partial charge in [-0.2, -0.15) is 5.10 Å². The van der Waals surface area contributed by atoms with Crippen LogP contribution in [0.4, 0.5) is 18.9 Å². The molecule has 1 saturated heterocycles. The summed E-state index contributed by atoms with van der Waals surface area (Å²) in [5, 5.41) is 9.09. The third kappa shape index (κ3) is 6.90. The first-order valence-electron chi connectivity index (χ1n) is 10.9. The van der Waals surface area contributed by atoms with Crippen molar-refractivity contribution < 1.29 is 32.2 Å². The molecule has 8 nitrogen and oxygen atoms in total.